The Bertz CT molecular complexity index is 778. The summed E-state index contributed by atoms with van der Waals surface area (Å²) in [5.41, 5.74) is 0.0596. The Kier molecular flexibility index (Phi) is 6.89. The molecule has 0 bridgehead atoms. The van der Waals surface area contributed by atoms with Crippen LogP contribution in [0, 0.1) is 0 Å². The van der Waals surface area contributed by atoms with E-state index in [1.165, 1.54) is 0 Å². The van der Waals surface area contributed by atoms with Crippen molar-refractivity contribution >= 4 is 18.0 Å². The average molecular weight is 405 g/mol. The van der Waals surface area contributed by atoms with Crippen LogP contribution in [0.4, 0.5) is 4.79 Å². The molecule has 0 aliphatic carbocycles. The number of alkyl carbamates (subject to hydrolysis) is 1. The van der Waals surface area contributed by atoms with Crippen LogP contribution in [0.1, 0.15) is 46.6 Å². The molecule has 1 amide bonds. The Morgan fingerprint density at radius 1 is 1.14 bits per heavy atom. The van der Waals surface area contributed by atoms with E-state index in [0.717, 1.165) is 11.6 Å². The Hall–Kier alpha value is -3.03. The molecule has 0 radical (unpaired) electrons. The number of ether oxygens (including phenoxy) is 4. The summed E-state index contributed by atoms with van der Waals surface area (Å²) in [5.74, 6) is -2.25. The number of carbonyl (C=O) groups is 3. The highest BCUT2D eigenvalue weighted by Gasteiger charge is 2.34. The lowest BCUT2D eigenvalue weighted by molar-refractivity contribution is -0.206. The fraction of sp³-hybridized carbons (Fsp3) is 0.476. The lowest BCUT2D eigenvalue weighted by Crippen LogP contribution is -2.45. The topological polar surface area (TPSA) is 100 Å². The van der Waals surface area contributed by atoms with Crippen LogP contribution in [0.25, 0.3) is 0 Å². The van der Waals surface area contributed by atoms with E-state index in [1.807, 2.05) is 30.3 Å². The van der Waals surface area contributed by atoms with Gasteiger partial charge in [0, 0.05) is 20.3 Å². The second-order valence-corrected chi connectivity index (χ2v) is 8.03. The molecule has 0 spiro atoms. The third kappa shape index (κ3) is 7.85. The predicted molar refractivity (Wildman–Crippen MR) is 103 cm³/mol. The third-order valence-corrected chi connectivity index (χ3v) is 3.61. The number of cyclic esters (lactones) is 1. The van der Waals surface area contributed by atoms with Crippen molar-refractivity contribution in [1.82, 2.24) is 5.32 Å². The van der Waals surface area contributed by atoms with Gasteiger partial charge in [0.1, 0.15) is 24.0 Å². The van der Waals surface area contributed by atoms with Gasteiger partial charge in [0.25, 0.3) is 0 Å². The molecule has 1 aromatic carbocycles. The lowest BCUT2D eigenvalue weighted by Gasteiger charge is -2.31. The first-order valence-corrected chi connectivity index (χ1v) is 9.26. The van der Waals surface area contributed by atoms with Gasteiger partial charge in [-0.15, -0.1) is 0 Å². The fourth-order valence-electron chi connectivity index (χ4n) is 2.54. The van der Waals surface area contributed by atoms with Gasteiger partial charge in [-0.05, 0) is 26.3 Å². The third-order valence-electron chi connectivity index (χ3n) is 3.61. The minimum Gasteiger partial charge on any atom is -0.459 e. The number of nitrogens with one attached hydrogen (secondary N) is 1. The van der Waals surface area contributed by atoms with Crippen LogP contribution in [0.3, 0.4) is 0 Å². The van der Waals surface area contributed by atoms with Crippen molar-refractivity contribution in [3.8, 4) is 0 Å². The maximum Gasteiger partial charge on any atom is 0.408 e. The molecule has 2 rings (SSSR count). The molecular weight excluding hydrogens is 378 g/mol. The maximum absolute atomic E-state index is 12.6. The Morgan fingerprint density at radius 3 is 2.38 bits per heavy atom. The summed E-state index contributed by atoms with van der Waals surface area (Å²) in [5, 5.41) is 2.49. The van der Waals surface area contributed by atoms with Gasteiger partial charge in [-0.1, -0.05) is 30.3 Å². The Morgan fingerprint density at radius 2 is 1.79 bits per heavy atom. The molecule has 8 nitrogen and oxygen atoms in total. The largest absolute Gasteiger partial charge is 0.459 e. The van der Waals surface area contributed by atoms with Gasteiger partial charge < -0.3 is 24.3 Å². The molecule has 158 valence electrons. The van der Waals surface area contributed by atoms with Crippen LogP contribution >= 0.6 is 0 Å². The number of amides is 1. The molecule has 0 unspecified atom stereocenters. The van der Waals surface area contributed by atoms with E-state index in [2.05, 4.69) is 5.32 Å². The first-order valence-electron chi connectivity index (χ1n) is 9.26. The van der Waals surface area contributed by atoms with Gasteiger partial charge in [-0.3, -0.25) is 0 Å². The Labute approximate surface area is 170 Å². The summed E-state index contributed by atoms with van der Waals surface area (Å²) < 4.78 is 21.2. The first kappa shape index (κ1) is 22.3. The number of benzene rings is 1. The molecule has 8 heteroatoms. The highest BCUT2D eigenvalue weighted by atomic mass is 16.7. The quantitative estimate of drug-likeness (QED) is 0.573. The number of hydrogen-bond acceptors (Lipinski definition) is 7. The summed E-state index contributed by atoms with van der Waals surface area (Å²) in [7, 11) is 0. The van der Waals surface area contributed by atoms with E-state index in [1.54, 1.807) is 34.6 Å². The highest BCUT2D eigenvalue weighted by Crippen LogP contribution is 2.25. The molecule has 0 fully saturated rings. The van der Waals surface area contributed by atoms with E-state index in [9.17, 15) is 14.4 Å². The van der Waals surface area contributed by atoms with Gasteiger partial charge in [0.15, 0.2) is 0 Å². The van der Waals surface area contributed by atoms with Crippen LogP contribution in [0.15, 0.2) is 42.2 Å². The number of carbonyl (C=O) groups excluding carboxylic acids is 3. The van der Waals surface area contributed by atoms with Gasteiger partial charge in [0.05, 0.1) is 6.08 Å². The molecular formula is C21H27NO7. The molecule has 1 aliphatic rings. The van der Waals surface area contributed by atoms with Gasteiger partial charge in [-0.2, -0.15) is 0 Å². The summed E-state index contributed by atoms with van der Waals surface area (Å²) >= 11 is 0. The standard InChI is InChI=1S/C21H27NO7/c1-20(2,3)29-19(25)22-16(11-15-12-17(23)28-21(4,5)27-15)18(24)26-13-14-9-7-6-8-10-14/h6-10,12,16H,11,13H2,1-5H3,(H,22,25)/t16-/m1/s1. The zero-order valence-corrected chi connectivity index (χ0v) is 17.3. The molecule has 1 heterocycles. The number of rotatable bonds is 6. The minimum absolute atomic E-state index is 0.0413. The maximum atomic E-state index is 12.6. The molecule has 1 N–H and O–H groups in total. The zero-order valence-electron chi connectivity index (χ0n) is 17.3. The van der Waals surface area contributed by atoms with Gasteiger partial charge in [0.2, 0.25) is 5.79 Å². The second-order valence-electron chi connectivity index (χ2n) is 8.03. The van der Waals surface area contributed by atoms with Gasteiger partial charge >= 0.3 is 18.0 Å². The van der Waals surface area contributed by atoms with Crippen molar-refractivity contribution in [2.75, 3.05) is 0 Å². The van der Waals surface area contributed by atoms with Crippen molar-refractivity contribution in [2.45, 2.75) is 65.1 Å². The van der Waals surface area contributed by atoms with Crippen molar-refractivity contribution in [3.05, 3.63) is 47.7 Å². The molecule has 0 aromatic heterocycles. The van der Waals surface area contributed by atoms with E-state index in [4.69, 9.17) is 18.9 Å². The van der Waals surface area contributed by atoms with Crippen LogP contribution < -0.4 is 5.32 Å². The van der Waals surface area contributed by atoms with E-state index >= 15 is 0 Å². The predicted octanol–water partition coefficient (Wildman–Crippen LogP) is 3.21. The summed E-state index contributed by atoms with van der Waals surface area (Å²) in [6.45, 7) is 8.31. The second kappa shape index (κ2) is 8.98. The molecule has 0 saturated carbocycles. The monoisotopic (exact) mass is 405 g/mol. The van der Waals surface area contributed by atoms with E-state index < -0.39 is 35.5 Å². The SMILES string of the molecule is CC(C)(C)OC(=O)N[C@H](CC1=CC(=O)OC(C)(C)O1)C(=O)OCc1ccccc1. The van der Waals surface area contributed by atoms with Gasteiger partial charge in [-0.25, -0.2) is 14.4 Å². The van der Waals surface area contributed by atoms with E-state index in [-0.39, 0.29) is 18.8 Å². The zero-order chi connectivity index (χ0) is 21.7. The normalized spacial score (nSPS) is 16.6. The minimum atomic E-state index is -1.18. The summed E-state index contributed by atoms with van der Waals surface area (Å²) in [6.07, 6.45) is 0.266. The molecule has 1 atom stereocenters. The van der Waals surface area contributed by atoms with Crippen molar-refractivity contribution in [2.24, 2.45) is 0 Å². The molecule has 29 heavy (non-hydrogen) atoms. The summed E-state index contributed by atoms with van der Waals surface area (Å²) in [6, 6.07) is 8.03. The molecule has 1 aliphatic heterocycles. The average Bonchev–Trinajstić information content (AvgIpc) is 2.56. The van der Waals surface area contributed by atoms with E-state index in [0.29, 0.717) is 0 Å². The highest BCUT2D eigenvalue weighted by molar-refractivity contribution is 5.85. The lowest BCUT2D eigenvalue weighted by atomic mass is 10.1. The first-order chi connectivity index (χ1) is 13.4. The number of esters is 2. The van der Waals surface area contributed by atoms with Crippen LogP contribution in [0.5, 0.6) is 0 Å². The smallest absolute Gasteiger partial charge is 0.408 e. The summed E-state index contributed by atoms with van der Waals surface area (Å²) in [4.78, 5) is 36.6. The van der Waals surface area contributed by atoms with Crippen LogP contribution in [-0.2, 0) is 35.1 Å². The number of hydrogen-bond donors (Lipinski definition) is 1. The van der Waals surface area contributed by atoms with Crippen molar-refractivity contribution < 1.29 is 33.3 Å². The van der Waals surface area contributed by atoms with Crippen LogP contribution in [-0.4, -0.2) is 35.5 Å². The van der Waals surface area contributed by atoms with Crippen molar-refractivity contribution in [3.63, 3.8) is 0 Å². The molecule has 0 saturated heterocycles. The Balaban J connectivity index is 2.10. The molecule has 1 aromatic rings. The van der Waals surface area contributed by atoms with Crippen molar-refractivity contribution in [1.29, 1.82) is 0 Å². The fourth-order valence-corrected chi connectivity index (χ4v) is 2.54. The van der Waals surface area contributed by atoms with Crippen LogP contribution in [0.2, 0.25) is 0 Å².